The number of phenols is 1. The smallest absolute Gasteiger partial charge is 0.305 e. The van der Waals surface area contributed by atoms with Gasteiger partial charge in [-0.2, -0.15) is 0 Å². The fraction of sp³-hybridized carbons (Fsp3) is 0.296. The molecule has 8 nitrogen and oxygen atoms in total. The number of aromatic hydroxyl groups is 1. The van der Waals surface area contributed by atoms with Gasteiger partial charge in [-0.1, -0.05) is 53.8 Å². The molecule has 0 atom stereocenters. The average molecular weight is 583 g/mol. The summed E-state index contributed by atoms with van der Waals surface area (Å²) < 4.78 is 5.79. The van der Waals surface area contributed by atoms with Crippen LogP contribution in [0.2, 0.25) is 0 Å². The Balaban J connectivity index is 0.00000253. The van der Waals surface area contributed by atoms with E-state index in [0.717, 1.165) is 41.3 Å². The van der Waals surface area contributed by atoms with Crippen LogP contribution in [-0.2, 0) is 25.3 Å². The molecule has 0 aliphatic rings. The van der Waals surface area contributed by atoms with Gasteiger partial charge in [0.05, 0.1) is 18.4 Å². The van der Waals surface area contributed by atoms with E-state index in [1.165, 1.54) is 17.7 Å². The molecule has 0 amide bonds. The lowest BCUT2D eigenvalue weighted by Crippen LogP contribution is -2.38. The maximum Gasteiger partial charge on any atom is 0.305 e. The molecule has 1 heterocycles. The Hall–Kier alpha value is -2.63. The Kier molecular flexibility index (Phi) is 11.6. The van der Waals surface area contributed by atoms with E-state index in [0.29, 0.717) is 17.7 Å². The molecule has 38 heavy (non-hydrogen) atoms. The molecule has 4 aromatic rings. The first-order chi connectivity index (χ1) is 17.3. The van der Waals surface area contributed by atoms with Crippen LogP contribution in [0.15, 0.2) is 65.5 Å². The molecule has 5 N–H and O–H groups in total. The van der Waals surface area contributed by atoms with E-state index in [4.69, 9.17) is 4.74 Å². The van der Waals surface area contributed by atoms with E-state index >= 15 is 0 Å². The third kappa shape index (κ3) is 7.70. The van der Waals surface area contributed by atoms with Crippen LogP contribution < -0.4 is 14.9 Å². The van der Waals surface area contributed by atoms with E-state index in [1.54, 1.807) is 7.11 Å². The van der Waals surface area contributed by atoms with Crippen LogP contribution in [0.1, 0.15) is 22.3 Å². The zero-order valence-corrected chi connectivity index (χ0v) is 23.6. The number of rotatable bonds is 11. The van der Waals surface area contributed by atoms with Crippen LogP contribution in [0.5, 0.6) is 11.5 Å². The standard InChI is InChI=1S/C27H31N3O5S.2ClH/c1-30(16-20-8-3-4-9-23(20)35-2)15-19-7-5-6-18(14-19)12-13-28-17-27(33,34)21-10-11-22(31)24-25(21)36-26(32)29-24;;/h3-11,14,28,31,33-34H,12-13,15-17H2,1-2H3,(H,29,32);2*1H. The number of halogens is 2. The van der Waals surface area contributed by atoms with Crippen LogP contribution in [0, 0.1) is 0 Å². The van der Waals surface area contributed by atoms with E-state index < -0.39 is 5.79 Å². The predicted octanol–water partition coefficient (Wildman–Crippen LogP) is 3.75. The van der Waals surface area contributed by atoms with E-state index in [-0.39, 0.29) is 53.1 Å². The van der Waals surface area contributed by atoms with Crippen LogP contribution in [-0.4, -0.2) is 52.5 Å². The summed E-state index contributed by atoms with van der Waals surface area (Å²) in [6, 6.07) is 19.1. The summed E-state index contributed by atoms with van der Waals surface area (Å²) in [7, 11) is 3.76. The lowest BCUT2D eigenvalue weighted by Gasteiger charge is -2.23. The SMILES string of the molecule is COc1ccccc1CN(C)Cc1cccc(CCNCC(O)(O)c2ccc(O)c3[nH]c(=O)sc23)c1.Cl.Cl. The molecule has 11 heteroatoms. The number of hydrogen-bond donors (Lipinski definition) is 5. The van der Waals surface area contributed by atoms with Gasteiger partial charge in [-0.25, -0.2) is 0 Å². The second-order valence-electron chi connectivity index (χ2n) is 8.90. The second-order valence-corrected chi connectivity index (χ2v) is 9.88. The van der Waals surface area contributed by atoms with Gasteiger partial charge >= 0.3 is 4.87 Å². The number of hydrogen-bond acceptors (Lipinski definition) is 8. The predicted molar refractivity (Wildman–Crippen MR) is 156 cm³/mol. The molecule has 0 unspecified atom stereocenters. The number of aliphatic hydroxyl groups is 2. The largest absolute Gasteiger partial charge is 0.506 e. The molecule has 206 valence electrons. The monoisotopic (exact) mass is 581 g/mol. The molecular weight excluding hydrogens is 549 g/mol. The van der Waals surface area contributed by atoms with Gasteiger partial charge < -0.3 is 30.4 Å². The summed E-state index contributed by atoms with van der Waals surface area (Å²) in [5.41, 5.74) is 3.85. The molecular formula is C27H33Cl2N3O5S. The average Bonchev–Trinajstić information content (AvgIpc) is 3.24. The van der Waals surface area contributed by atoms with Crippen LogP contribution in [0.3, 0.4) is 0 Å². The molecule has 0 spiro atoms. The number of nitrogens with zero attached hydrogens (tertiary/aromatic N) is 1. The number of para-hydroxylation sites is 1. The first-order valence-corrected chi connectivity index (χ1v) is 12.5. The van der Waals surface area contributed by atoms with E-state index in [9.17, 15) is 20.1 Å². The highest BCUT2D eigenvalue weighted by molar-refractivity contribution is 7.16. The Morgan fingerprint density at radius 1 is 1.03 bits per heavy atom. The summed E-state index contributed by atoms with van der Waals surface area (Å²) in [6.45, 7) is 1.96. The molecule has 0 radical (unpaired) electrons. The fourth-order valence-electron chi connectivity index (χ4n) is 4.30. The second kappa shape index (κ2) is 14.0. The number of H-pyrrole nitrogens is 1. The van der Waals surface area contributed by atoms with Gasteiger partial charge in [0.25, 0.3) is 0 Å². The van der Waals surface area contributed by atoms with Crippen LogP contribution in [0.25, 0.3) is 10.2 Å². The van der Waals surface area contributed by atoms with Gasteiger partial charge in [0, 0.05) is 24.2 Å². The third-order valence-corrected chi connectivity index (χ3v) is 6.94. The summed E-state index contributed by atoms with van der Waals surface area (Å²) in [4.78, 5) is 16.1. The maximum absolute atomic E-state index is 11.7. The number of thiazole rings is 1. The Bertz CT molecular complexity index is 1390. The number of aromatic amines is 1. The minimum atomic E-state index is -2.19. The summed E-state index contributed by atoms with van der Waals surface area (Å²) in [5, 5.41) is 34.4. The van der Waals surface area contributed by atoms with Gasteiger partial charge in [0.2, 0.25) is 5.79 Å². The number of aromatic nitrogens is 1. The fourth-order valence-corrected chi connectivity index (χ4v) is 5.24. The molecule has 0 aliphatic carbocycles. The zero-order chi connectivity index (χ0) is 25.7. The number of phenolic OH excluding ortho intramolecular Hbond substituents is 1. The molecule has 0 saturated carbocycles. The number of fused-ring (bicyclic) bond motifs is 1. The van der Waals surface area contributed by atoms with Crippen molar-refractivity contribution in [2.75, 3.05) is 27.2 Å². The van der Waals surface area contributed by atoms with Crippen LogP contribution >= 0.6 is 36.2 Å². The van der Waals surface area contributed by atoms with E-state index in [1.807, 2.05) is 24.3 Å². The minimum Gasteiger partial charge on any atom is -0.506 e. The molecule has 0 aliphatic heterocycles. The number of benzene rings is 3. The first kappa shape index (κ1) is 31.6. The Labute approximate surface area is 237 Å². The maximum atomic E-state index is 11.7. The number of methoxy groups -OCH3 is 1. The van der Waals surface area contributed by atoms with Gasteiger partial charge in [-0.05, 0) is 49.3 Å². The Morgan fingerprint density at radius 2 is 1.76 bits per heavy atom. The third-order valence-electron chi connectivity index (χ3n) is 6.03. The van der Waals surface area contributed by atoms with Crippen molar-refractivity contribution in [3.63, 3.8) is 0 Å². The summed E-state index contributed by atoms with van der Waals surface area (Å²) >= 11 is 0.835. The topological polar surface area (TPSA) is 118 Å². The van der Waals surface area contributed by atoms with Gasteiger partial charge in [-0.15, -0.1) is 24.8 Å². The number of ether oxygens (including phenoxy) is 1. The van der Waals surface area contributed by atoms with Crippen LogP contribution in [0.4, 0.5) is 0 Å². The van der Waals surface area contributed by atoms with Crippen molar-refractivity contribution in [3.8, 4) is 11.5 Å². The highest BCUT2D eigenvalue weighted by Crippen LogP contribution is 2.33. The zero-order valence-electron chi connectivity index (χ0n) is 21.1. The molecule has 1 aromatic heterocycles. The molecule has 0 bridgehead atoms. The minimum absolute atomic E-state index is 0. The van der Waals surface area contributed by atoms with Crippen molar-refractivity contribution < 1.29 is 20.1 Å². The van der Waals surface area contributed by atoms with Gasteiger partial charge in [0.15, 0.2) is 0 Å². The molecule has 4 rings (SSSR count). The highest BCUT2D eigenvalue weighted by Gasteiger charge is 2.29. The quantitative estimate of drug-likeness (QED) is 0.135. The lowest BCUT2D eigenvalue weighted by atomic mass is 10.0. The first-order valence-electron chi connectivity index (χ1n) is 11.7. The van der Waals surface area contributed by atoms with E-state index in [2.05, 4.69) is 46.5 Å². The molecule has 0 fully saturated rings. The molecule has 0 saturated heterocycles. The molecule has 3 aromatic carbocycles. The lowest BCUT2D eigenvalue weighted by molar-refractivity contribution is -0.164. The van der Waals surface area contributed by atoms with Crippen molar-refractivity contribution in [1.82, 2.24) is 15.2 Å². The van der Waals surface area contributed by atoms with Gasteiger partial charge in [0.1, 0.15) is 17.0 Å². The normalized spacial score (nSPS) is 11.3. The van der Waals surface area contributed by atoms with Crippen molar-refractivity contribution in [1.29, 1.82) is 0 Å². The van der Waals surface area contributed by atoms with Gasteiger partial charge in [-0.3, -0.25) is 9.69 Å². The van der Waals surface area contributed by atoms with Crippen molar-refractivity contribution in [2.45, 2.75) is 25.3 Å². The number of nitrogens with one attached hydrogen (secondary N) is 2. The van der Waals surface area contributed by atoms with Crippen molar-refractivity contribution in [3.05, 3.63) is 92.6 Å². The van der Waals surface area contributed by atoms with Crippen molar-refractivity contribution >= 4 is 46.4 Å². The summed E-state index contributed by atoms with van der Waals surface area (Å²) in [5.74, 6) is -1.42. The Morgan fingerprint density at radius 3 is 2.53 bits per heavy atom. The highest BCUT2D eigenvalue weighted by atomic mass is 35.5. The summed E-state index contributed by atoms with van der Waals surface area (Å²) in [6.07, 6.45) is 0.711. The van der Waals surface area contributed by atoms with Crippen molar-refractivity contribution in [2.24, 2.45) is 0 Å².